The third-order valence-electron chi connectivity index (χ3n) is 4.88. The number of carbonyl (C=O) groups is 1. The predicted molar refractivity (Wildman–Crippen MR) is 146 cm³/mol. The van der Waals surface area contributed by atoms with E-state index in [2.05, 4.69) is 10.3 Å². The van der Waals surface area contributed by atoms with Gasteiger partial charge in [0.05, 0.1) is 27.1 Å². The summed E-state index contributed by atoms with van der Waals surface area (Å²) in [5.74, 6) is -0.352. The first-order chi connectivity index (χ1) is 18.1. The first-order valence-corrected chi connectivity index (χ1v) is 13.7. The van der Waals surface area contributed by atoms with Crippen LogP contribution in [-0.4, -0.2) is 31.0 Å². The number of hydrogen-bond donors (Lipinski definition) is 1. The van der Waals surface area contributed by atoms with Crippen molar-refractivity contribution >= 4 is 73.6 Å². The van der Waals surface area contributed by atoms with Crippen molar-refractivity contribution in [3.8, 4) is 11.5 Å². The minimum absolute atomic E-state index is 0.0891. The summed E-state index contributed by atoms with van der Waals surface area (Å²) < 4.78 is 36.3. The fourth-order valence-electron chi connectivity index (χ4n) is 3.17. The van der Waals surface area contributed by atoms with Crippen molar-refractivity contribution in [3.63, 3.8) is 0 Å². The van der Waals surface area contributed by atoms with Crippen LogP contribution in [0.1, 0.15) is 12.5 Å². The van der Waals surface area contributed by atoms with Gasteiger partial charge in [0.15, 0.2) is 16.7 Å². The summed E-state index contributed by atoms with van der Waals surface area (Å²) in [4.78, 5) is 27.1. The molecule has 0 unspecified atom stereocenters. The van der Waals surface area contributed by atoms with E-state index in [1.165, 1.54) is 12.1 Å². The average molecular weight is 594 g/mol. The SMILES string of the molecule is CCOc1cc(/C=C2/SC(=Nc3cc(Cl)ccc3Cl)NC2=O)ccc1OS(=O)(=O)c1ccc([N+](=O)[O-])cc1. The second-order valence-corrected chi connectivity index (χ2v) is 10.9. The lowest BCUT2D eigenvalue weighted by atomic mass is 10.2. The molecule has 1 amide bonds. The third-order valence-corrected chi connectivity index (χ3v) is 7.60. The second-order valence-electron chi connectivity index (χ2n) is 7.51. The first-order valence-electron chi connectivity index (χ1n) is 10.8. The van der Waals surface area contributed by atoms with E-state index in [1.54, 1.807) is 37.3 Å². The van der Waals surface area contributed by atoms with E-state index in [-0.39, 0.29) is 34.6 Å². The number of nitrogens with one attached hydrogen (secondary N) is 1. The smallest absolute Gasteiger partial charge is 0.339 e. The molecule has 1 aliphatic heterocycles. The minimum atomic E-state index is -4.31. The van der Waals surface area contributed by atoms with Crippen molar-refractivity contribution in [2.45, 2.75) is 11.8 Å². The van der Waals surface area contributed by atoms with Gasteiger partial charge >= 0.3 is 10.1 Å². The minimum Gasteiger partial charge on any atom is -0.490 e. The molecular weight excluding hydrogens is 577 g/mol. The molecule has 0 aliphatic carbocycles. The first kappa shape index (κ1) is 27.5. The Morgan fingerprint density at radius 2 is 1.82 bits per heavy atom. The van der Waals surface area contributed by atoms with E-state index < -0.39 is 15.0 Å². The number of halogens is 2. The highest BCUT2D eigenvalue weighted by atomic mass is 35.5. The molecule has 38 heavy (non-hydrogen) atoms. The topological polar surface area (TPSA) is 137 Å². The van der Waals surface area contributed by atoms with Gasteiger partial charge in [-0.2, -0.15) is 8.42 Å². The maximum Gasteiger partial charge on any atom is 0.339 e. The van der Waals surface area contributed by atoms with E-state index in [1.807, 2.05) is 0 Å². The highest BCUT2D eigenvalue weighted by Crippen LogP contribution is 2.35. The van der Waals surface area contributed by atoms with Gasteiger partial charge in [-0.3, -0.25) is 14.9 Å². The van der Waals surface area contributed by atoms with E-state index in [9.17, 15) is 23.3 Å². The van der Waals surface area contributed by atoms with Gasteiger partial charge in [0, 0.05) is 17.2 Å². The molecule has 0 spiro atoms. The van der Waals surface area contributed by atoms with Crippen molar-refractivity contribution in [2.75, 3.05) is 6.61 Å². The lowest BCUT2D eigenvalue weighted by Crippen LogP contribution is -2.19. The van der Waals surface area contributed by atoms with Crippen molar-refractivity contribution in [2.24, 2.45) is 4.99 Å². The summed E-state index contributed by atoms with van der Waals surface area (Å²) in [5.41, 5.74) is 0.680. The standard InChI is InChI=1S/C24H17Cl2N3O7S2/c1-2-35-21-11-14(3-10-20(21)36-38(33,34)17-7-5-16(6-8-17)29(31)32)12-22-23(30)28-24(37-22)27-19-13-15(25)4-9-18(19)26/h3-13H,2H2,1H3,(H,27,28,30)/b22-12+. The molecule has 0 atom stereocenters. The molecule has 3 aromatic rings. The number of ether oxygens (including phenoxy) is 1. The van der Waals surface area contributed by atoms with E-state index >= 15 is 0 Å². The molecule has 1 N–H and O–H groups in total. The Labute approximate surface area is 231 Å². The number of benzene rings is 3. The quantitative estimate of drug-likeness (QED) is 0.146. The van der Waals surface area contributed by atoms with Crippen molar-refractivity contribution in [3.05, 3.63) is 91.3 Å². The number of thioether (sulfide) groups is 1. The van der Waals surface area contributed by atoms with Crippen LogP contribution < -0.4 is 14.2 Å². The van der Waals surface area contributed by atoms with Crippen LogP contribution in [0.2, 0.25) is 10.0 Å². The van der Waals surface area contributed by atoms with E-state index in [4.69, 9.17) is 32.1 Å². The van der Waals surface area contributed by atoms with Gasteiger partial charge in [-0.15, -0.1) is 0 Å². The Bertz CT molecular complexity index is 1590. The molecule has 0 saturated carbocycles. The van der Waals surface area contributed by atoms with Gasteiger partial charge in [0.2, 0.25) is 0 Å². The summed E-state index contributed by atoms with van der Waals surface area (Å²) in [6.07, 6.45) is 1.58. The van der Waals surface area contributed by atoms with Gasteiger partial charge in [0.25, 0.3) is 11.6 Å². The highest BCUT2D eigenvalue weighted by molar-refractivity contribution is 8.18. The Balaban J connectivity index is 1.58. The zero-order valence-corrected chi connectivity index (χ0v) is 22.5. The summed E-state index contributed by atoms with van der Waals surface area (Å²) >= 11 is 13.2. The zero-order chi connectivity index (χ0) is 27.4. The molecule has 1 fully saturated rings. The molecule has 0 bridgehead atoms. The van der Waals surface area contributed by atoms with E-state index in [0.29, 0.717) is 31.4 Å². The Hall–Kier alpha value is -3.58. The molecular formula is C24H17Cl2N3O7S2. The van der Waals surface area contributed by atoms with Crippen LogP contribution in [-0.2, 0) is 14.9 Å². The van der Waals surface area contributed by atoms with Crippen LogP contribution in [0.5, 0.6) is 11.5 Å². The fraction of sp³-hybridized carbons (Fsp3) is 0.0833. The molecule has 0 aromatic heterocycles. The zero-order valence-electron chi connectivity index (χ0n) is 19.4. The number of hydrogen-bond acceptors (Lipinski definition) is 9. The van der Waals surface area contributed by atoms with Crippen LogP contribution in [0, 0.1) is 10.1 Å². The summed E-state index contributed by atoms with van der Waals surface area (Å²) in [6, 6.07) is 13.6. The van der Waals surface area contributed by atoms with Gasteiger partial charge in [-0.25, -0.2) is 4.99 Å². The van der Waals surface area contributed by atoms with Crippen LogP contribution in [0.4, 0.5) is 11.4 Å². The maximum absolute atomic E-state index is 12.7. The number of carbonyl (C=O) groups excluding carboxylic acids is 1. The molecule has 0 radical (unpaired) electrons. The number of amidine groups is 1. The predicted octanol–water partition coefficient (Wildman–Crippen LogP) is 5.96. The normalized spacial score (nSPS) is 15.5. The molecule has 10 nitrogen and oxygen atoms in total. The molecule has 14 heteroatoms. The molecule has 1 aliphatic rings. The summed E-state index contributed by atoms with van der Waals surface area (Å²) in [6.45, 7) is 1.92. The van der Waals surface area contributed by atoms with Crippen LogP contribution in [0.3, 0.4) is 0 Å². The van der Waals surface area contributed by atoms with Gasteiger partial charge < -0.3 is 14.2 Å². The third kappa shape index (κ3) is 6.45. The van der Waals surface area contributed by atoms with Gasteiger partial charge in [0.1, 0.15) is 4.90 Å². The van der Waals surface area contributed by atoms with Crippen LogP contribution >= 0.6 is 35.0 Å². The number of nitrogens with zero attached hydrogens (tertiary/aromatic N) is 2. The number of aliphatic imine (C=N–C) groups is 1. The van der Waals surface area contributed by atoms with Crippen LogP contribution in [0.15, 0.2) is 75.5 Å². The fourth-order valence-corrected chi connectivity index (χ4v) is 5.27. The Morgan fingerprint density at radius 1 is 1.08 bits per heavy atom. The highest BCUT2D eigenvalue weighted by Gasteiger charge is 2.25. The largest absolute Gasteiger partial charge is 0.490 e. The number of rotatable bonds is 8. The molecule has 3 aromatic carbocycles. The molecule has 1 saturated heterocycles. The number of non-ortho nitro benzene ring substituents is 1. The lowest BCUT2D eigenvalue weighted by Gasteiger charge is -2.12. The lowest BCUT2D eigenvalue weighted by molar-refractivity contribution is -0.384. The van der Waals surface area contributed by atoms with Gasteiger partial charge in [-0.1, -0.05) is 29.3 Å². The molecule has 196 valence electrons. The summed E-state index contributed by atoms with van der Waals surface area (Å²) in [5, 5.41) is 14.6. The Kier molecular flexibility index (Phi) is 8.26. The van der Waals surface area contributed by atoms with Crippen LogP contribution in [0.25, 0.3) is 6.08 Å². The van der Waals surface area contributed by atoms with E-state index in [0.717, 1.165) is 36.0 Å². The average Bonchev–Trinajstić information content (AvgIpc) is 3.21. The molecule has 1 heterocycles. The number of amides is 1. The second kappa shape index (κ2) is 11.4. The summed E-state index contributed by atoms with van der Waals surface area (Å²) in [7, 11) is -4.31. The Morgan fingerprint density at radius 3 is 2.50 bits per heavy atom. The van der Waals surface area contributed by atoms with Crippen molar-refractivity contribution in [1.82, 2.24) is 5.32 Å². The van der Waals surface area contributed by atoms with Crippen molar-refractivity contribution in [1.29, 1.82) is 0 Å². The number of nitro groups is 1. The molecule has 4 rings (SSSR count). The van der Waals surface area contributed by atoms with Gasteiger partial charge in [-0.05, 0) is 72.8 Å². The maximum atomic E-state index is 12.7. The monoisotopic (exact) mass is 593 g/mol. The number of nitro benzene ring substituents is 1. The van der Waals surface area contributed by atoms with Crippen molar-refractivity contribution < 1.29 is 27.1 Å².